The minimum Gasteiger partial charge on any atom is -0.390 e. The number of aromatic nitrogens is 3. The van der Waals surface area contributed by atoms with Gasteiger partial charge in [0, 0.05) is 5.69 Å². The van der Waals surface area contributed by atoms with Crippen LogP contribution in [0.1, 0.15) is 11.3 Å². The Balaban J connectivity index is 1.79. The molecule has 0 amide bonds. The zero-order valence-electron chi connectivity index (χ0n) is 13.6. The topological polar surface area (TPSA) is 121 Å². The van der Waals surface area contributed by atoms with E-state index in [9.17, 15) is 8.42 Å². The Morgan fingerprint density at radius 1 is 1.19 bits per heavy atom. The Kier molecular flexibility index (Phi) is 4.97. The van der Waals surface area contributed by atoms with Gasteiger partial charge in [-0.1, -0.05) is 17.3 Å². The predicted molar refractivity (Wildman–Crippen MR) is 93.8 cm³/mol. The predicted octanol–water partition coefficient (Wildman–Crippen LogP) is 1.63. The molecule has 0 saturated carbocycles. The van der Waals surface area contributed by atoms with Crippen molar-refractivity contribution in [2.24, 2.45) is 0 Å². The first-order chi connectivity index (χ1) is 12.5. The number of rotatable bonds is 6. The van der Waals surface area contributed by atoms with E-state index in [0.717, 1.165) is 0 Å². The highest BCUT2D eigenvalue weighted by atomic mass is 32.2. The van der Waals surface area contributed by atoms with E-state index in [1.807, 2.05) is 6.07 Å². The van der Waals surface area contributed by atoms with Crippen LogP contribution < -0.4 is 4.72 Å². The number of nitrogens with zero attached hydrogens (tertiary/aromatic N) is 4. The summed E-state index contributed by atoms with van der Waals surface area (Å²) in [5.74, 6) is 0. The molecule has 2 aromatic carbocycles. The van der Waals surface area contributed by atoms with Crippen molar-refractivity contribution in [1.82, 2.24) is 15.0 Å². The SMILES string of the molecule is N#CCc1cccc(S(=O)(=O)Nc2ccc(-n3cc(CO)nn3)cc2)c1. The number of sulfonamides is 1. The van der Waals surface area contributed by atoms with E-state index in [4.69, 9.17) is 10.4 Å². The number of hydrogen-bond acceptors (Lipinski definition) is 6. The van der Waals surface area contributed by atoms with Gasteiger partial charge in [0.1, 0.15) is 5.69 Å². The van der Waals surface area contributed by atoms with Crippen LogP contribution in [0.2, 0.25) is 0 Å². The van der Waals surface area contributed by atoms with Crippen LogP contribution >= 0.6 is 0 Å². The number of aliphatic hydroxyl groups is 1. The molecule has 0 atom stereocenters. The molecule has 3 rings (SSSR count). The van der Waals surface area contributed by atoms with Gasteiger partial charge in [-0.15, -0.1) is 5.10 Å². The van der Waals surface area contributed by atoms with E-state index < -0.39 is 10.0 Å². The number of nitriles is 1. The Morgan fingerprint density at radius 3 is 2.62 bits per heavy atom. The van der Waals surface area contributed by atoms with Crippen molar-refractivity contribution in [2.45, 2.75) is 17.9 Å². The fourth-order valence-corrected chi connectivity index (χ4v) is 3.44. The first-order valence-electron chi connectivity index (χ1n) is 7.63. The maximum absolute atomic E-state index is 12.5. The second-order valence-electron chi connectivity index (χ2n) is 5.45. The molecule has 1 heterocycles. The monoisotopic (exact) mass is 369 g/mol. The first-order valence-corrected chi connectivity index (χ1v) is 9.11. The summed E-state index contributed by atoms with van der Waals surface area (Å²) in [6.07, 6.45) is 1.73. The van der Waals surface area contributed by atoms with Crippen LogP contribution in [0.15, 0.2) is 59.6 Å². The fraction of sp³-hybridized carbons (Fsp3) is 0.118. The van der Waals surface area contributed by atoms with E-state index in [0.29, 0.717) is 22.6 Å². The Morgan fingerprint density at radius 2 is 1.96 bits per heavy atom. The number of anilines is 1. The van der Waals surface area contributed by atoms with Crippen LogP contribution in [0, 0.1) is 11.3 Å². The van der Waals surface area contributed by atoms with Crippen LogP contribution in [-0.2, 0) is 23.1 Å². The molecule has 0 spiro atoms. The largest absolute Gasteiger partial charge is 0.390 e. The van der Waals surface area contributed by atoms with Crippen molar-refractivity contribution in [1.29, 1.82) is 5.26 Å². The van der Waals surface area contributed by atoms with E-state index >= 15 is 0 Å². The summed E-state index contributed by atoms with van der Waals surface area (Å²) in [6, 6.07) is 14.8. The van der Waals surface area contributed by atoms with E-state index in [-0.39, 0.29) is 17.9 Å². The average Bonchev–Trinajstić information content (AvgIpc) is 3.12. The van der Waals surface area contributed by atoms with Gasteiger partial charge >= 0.3 is 0 Å². The van der Waals surface area contributed by atoms with Crippen molar-refractivity contribution in [3.63, 3.8) is 0 Å². The standard InChI is InChI=1S/C17H15N5O3S/c18-9-8-13-2-1-3-17(10-13)26(24,25)20-14-4-6-16(7-5-14)22-11-15(12-23)19-21-22/h1-7,10-11,20,23H,8,12H2. The molecule has 0 aliphatic heterocycles. The molecule has 132 valence electrons. The van der Waals surface area contributed by atoms with Crippen molar-refractivity contribution in [2.75, 3.05) is 4.72 Å². The summed E-state index contributed by atoms with van der Waals surface area (Å²) in [5, 5.41) is 25.4. The van der Waals surface area contributed by atoms with Gasteiger partial charge < -0.3 is 5.11 Å². The molecule has 0 bridgehead atoms. The zero-order chi connectivity index (χ0) is 18.6. The average molecular weight is 369 g/mol. The number of nitrogens with one attached hydrogen (secondary N) is 1. The second-order valence-corrected chi connectivity index (χ2v) is 7.13. The summed E-state index contributed by atoms with van der Waals surface area (Å²) in [6.45, 7) is -0.206. The lowest BCUT2D eigenvalue weighted by Crippen LogP contribution is -2.13. The minimum atomic E-state index is -3.76. The molecule has 0 saturated heterocycles. The van der Waals surface area contributed by atoms with Crippen LogP contribution in [-0.4, -0.2) is 28.5 Å². The molecule has 0 aliphatic carbocycles. The molecule has 1 aromatic heterocycles. The van der Waals surface area contributed by atoms with Crippen LogP contribution in [0.25, 0.3) is 5.69 Å². The van der Waals surface area contributed by atoms with Gasteiger partial charge in [0.25, 0.3) is 10.0 Å². The normalized spacial score (nSPS) is 11.1. The molecular formula is C17H15N5O3S. The Bertz CT molecular complexity index is 1050. The van der Waals surface area contributed by atoms with Gasteiger partial charge in [-0.2, -0.15) is 5.26 Å². The molecular weight excluding hydrogens is 354 g/mol. The number of hydrogen-bond donors (Lipinski definition) is 2. The lowest BCUT2D eigenvalue weighted by Gasteiger charge is -2.09. The highest BCUT2D eigenvalue weighted by Gasteiger charge is 2.14. The molecule has 0 radical (unpaired) electrons. The van der Waals surface area contributed by atoms with Crippen LogP contribution in [0.3, 0.4) is 0 Å². The zero-order valence-corrected chi connectivity index (χ0v) is 14.4. The van der Waals surface area contributed by atoms with E-state index in [1.54, 1.807) is 42.6 Å². The minimum absolute atomic E-state index is 0.0955. The summed E-state index contributed by atoms with van der Waals surface area (Å²) < 4.78 is 29.0. The van der Waals surface area contributed by atoms with Crippen LogP contribution in [0.5, 0.6) is 0 Å². The third-order valence-corrected chi connectivity index (χ3v) is 4.96. The van der Waals surface area contributed by atoms with Gasteiger partial charge in [-0.05, 0) is 42.0 Å². The van der Waals surface area contributed by atoms with Crippen molar-refractivity contribution in [3.8, 4) is 11.8 Å². The van der Waals surface area contributed by atoms with Gasteiger partial charge in [0.05, 0.1) is 35.9 Å². The van der Waals surface area contributed by atoms with E-state index in [2.05, 4.69) is 15.0 Å². The number of aliphatic hydroxyl groups excluding tert-OH is 1. The molecule has 0 aliphatic rings. The van der Waals surface area contributed by atoms with Gasteiger partial charge in [-0.3, -0.25) is 4.72 Å². The maximum atomic E-state index is 12.5. The van der Waals surface area contributed by atoms with E-state index in [1.165, 1.54) is 16.8 Å². The summed E-state index contributed by atoms with van der Waals surface area (Å²) in [5.41, 5.74) is 2.14. The van der Waals surface area contributed by atoms with Gasteiger partial charge in [-0.25, -0.2) is 13.1 Å². The number of benzene rings is 2. The van der Waals surface area contributed by atoms with Crippen LogP contribution in [0.4, 0.5) is 5.69 Å². The fourth-order valence-electron chi connectivity index (χ4n) is 2.31. The molecule has 0 fully saturated rings. The quantitative estimate of drug-likeness (QED) is 0.681. The molecule has 3 aromatic rings. The molecule has 0 unspecified atom stereocenters. The Labute approximate surface area is 150 Å². The van der Waals surface area contributed by atoms with Crippen molar-refractivity contribution in [3.05, 3.63) is 66.0 Å². The molecule has 8 nitrogen and oxygen atoms in total. The first kappa shape index (κ1) is 17.6. The molecule has 26 heavy (non-hydrogen) atoms. The summed E-state index contributed by atoms with van der Waals surface area (Å²) in [4.78, 5) is 0.0955. The highest BCUT2D eigenvalue weighted by molar-refractivity contribution is 7.92. The van der Waals surface area contributed by atoms with Gasteiger partial charge in [0.15, 0.2) is 0 Å². The highest BCUT2D eigenvalue weighted by Crippen LogP contribution is 2.19. The summed E-state index contributed by atoms with van der Waals surface area (Å²) in [7, 11) is -3.76. The lowest BCUT2D eigenvalue weighted by atomic mass is 10.2. The third-order valence-electron chi connectivity index (χ3n) is 3.58. The second kappa shape index (κ2) is 7.35. The van der Waals surface area contributed by atoms with Crippen molar-refractivity contribution < 1.29 is 13.5 Å². The third kappa shape index (κ3) is 3.88. The smallest absolute Gasteiger partial charge is 0.261 e. The maximum Gasteiger partial charge on any atom is 0.261 e. The summed E-state index contributed by atoms with van der Waals surface area (Å²) >= 11 is 0. The lowest BCUT2D eigenvalue weighted by molar-refractivity contribution is 0.276. The Hall–Kier alpha value is -3.22. The molecule has 2 N–H and O–H groups in total. The molecule has 9 heteroatoms. The van der Waals surface area contributed by atoms with Gasteiger partial charge in [0.2, 0.25) is 0 Å². The van der Waals surface area contributed by atoms with Crippen molar-refractivity contribution >= 4 is 15.7 Å².